The van der Waals surface area contributed by atoms with Crippen molar-refractivity contribution in [2.24, 2.45) is 0 Å². The van der Waals surface area contributed by atoms with Gasteiger partial charge in [0.2, 0.25) is 5.88 Å². The molecule has 0 saturated carbocycles. The van der Waals surface area contributed by atoms with Gasteiger partial charge in [-0.15, -0.1) is 0 Å². The van der Waals surface area contributed by atoms with Crippen LogP contribution in [0.15, 0.2) is 12.1 Å². The summed E-state index contributed by atoms with van der Waals surface area (Å²) >= 11 is 0. The number of anilines is 1. The van der Waals surface area contributed by atoms with Crippen LogP contribution in [0.2, 0.25) is 0 Å². The van der Waals surface area contributed by atoms with Crippen molar-refractivity contribution >= 4 is 11.6 Å². The molecule has 0 aliphatic carbocycles. The van der Waals surface area contributed by atoms with E-state index >= 15 is 0 Å². The van der Waals surface area contributed by atoms with Crippen molar-refractivity contribution in [3.8, 4) is 5.88 Å². The second-order valence-corrected chi connectivity index (χ2v) is 5.44. The molecular weight excluding hydrogens is 280 g/mol. The number of carbonyl (C=O) groups excluding carboxylic acids is 1. The number of unbranched alkanes of at least 4 members (excludes halogenated alkanes) is 1. The number of carbonyl (C=O) groups is 1. The maximum Gasteiger partial charge on any atom is 0.256 e. The van der Waals surface area contributed by atoms with Crippen LogP contribution in [0.3, 0.4) is 0 Å². The number of amides is 1. The highest BCUT2D eigenvalue weighted by molar-refractivity contribution is 5.97. The van der Waals surface area contributed by atoms with E-state index in [0.717, 1.165) is 18.5 Å². The predicted molar refractivity (Wildman–Crippen MR) is 88.3 cm³/mol. The van der Waals surface area contributed by atoms with Gasteiger partial charge in [0.1, 0.15) is 5.60 Å². The van der Waals surface area contributed by atoms with E-state index in [0.29, 0.717) is 31.2 Å². The molecule has 0 bridgehead atoms. The molecule has 0 aliphatic rings. The van der Waals surface area contributed by atoms with Crippen molar-refractivity contribution in [1.82, 2.24) is 4.98 Å². The largest absolute Gasteiger partial charge is 0.478 e. The van der Waals surface area contributed by atoms with Gasteiger partial charge in [-0.05, 0) is 40.2 Å². The maximum absolute atomic E-state index is 12.6. The Hall–Kier alpha value is -1.62. The third kappa shape index (κ3) is 4.98. The Morgan fingerprint density at radius 3 is 2.55 bits per heavy atom. The van der Waals surface area contributed by atoms with Crippen molar-refractivity contribution in [3.05, 3.63) is 17.8 Å². The predicted octanol–water partition coefficient (Wildman–Crippen LogP) is 3.71. The summed E-state index contributed by atoms with van der Waals surface area (Å²) in [7, 11) is 0. The van der Waals surface area contributed by atoms with Crippen LogP contribution in [-0.2, 0) is 9.53 Å². The summed E-state index contributed by atoms with van der Waals surface area (Å²) in [4.78, 5) is 16.9. The van der Waals surface area contributed by atoms with Gasteiger partial charge in [0.05, 0.1) is 18.0 Å². The van der Waals surface area contributed by atoms with Gasteiger partial charge in [0.15, 0.2) is 0 Å². The summed E-state index contributed by atoms with van der Waals surface area (Å²) in [5.41, 5.74) is 0.611. The Labute approximate surface area is 133 Å². The van der Waals surface area contributed by atoms with Gasteiger partial charge in [-0.25, -0.2) is 4.98 Å². The van der Waals surface area contributed by atoms with Crippen molar-refractivity contribution in [1.29, 1.82) is 0 Å². The molecule has 0 radical (unpaired) electrons. The quantitative estimate of drug-likeness (QED) is 0.755. The van der Waals surface area contributed by atoms with E-state index in [2.05, 4.69) is 17.2 Å². The molecule has 0 aromatic carbocycles. The first-order valence-corrected chi connectivity index (χ1v) is 8.02. The molecule has 124 valence electrons. The van der Waals surface area contributed by atoms with Crippen molar-refractivity contribution in [3.63, 3.8) is 0 Å². The number of nitrogens with zero attached hydrogens (tertiary/aromatic N) is 1. The van der Waals surface area contributed by atoms with Crippen LogP contribution in [0.1, 0.15) is 52.7 Å². The monoisotopic (exact) mass is 308 g/mol. The highest BCUT2D eigenvalue weighted by Crippen LogP contribution is 2.23. The summed E-state index contributed by atoms with van der Waals surface area (Å²) < 4.78 is 11.1. The fraction of sp³-hybridized carbons (Fsp3) is 0.647. The molecule has 1 N–H and O–H groups in total. The Kier molecular flexibility index (Phi) is 7.32. The molecule has 1 aromatic rings. The van der Waals surface area contributed by atoms with Crippen molar-refractivity contribution in [2.45, 2.75) is 59.5 Å². The molecule has 5 nitrogen and oxygen atoms in total. The van der Waals surface area contributed by atoms with Crippen LogP contribution in [0, 0.1) is 6.92 Å². The highest BCUT2D eigenvalue weighted by atomic mass is 16.5. The lowest BCUT2D eigenvalue weighted by Crippen LogP contribution is -2.43. The summed E-state index contributed by atoms with van der Waals surface area (Å²) in [6, 6.07) is 3.58. The number of aryl methyl sites for hydroxylation is 1. The highest BCUT2D eigenvalue weighted by Gasteiger charge is 2.33. The molecule has 0 unspecified atom stereocenters. The van der Waals surface area contributed by atoms with Gasteiger partial charge >= 0.3 is 0 Å². The fourth-order valence-corrected chi connectivity index (χ4v) is 2.24. The van der Waals surface area contributed by atoms with Crippen molar-refractivity contribution < 1.29 is 14.3 Å². The zero-order valence-electron chi connectivity index (χ0n) is 14.4. The molecule has 0 aliphatic heterocycles. The molecule has 22 heavy (non-hydrogen) atoms. The third-order valence-corrected chi connectivity index (χ3v) is 3.55. The van der Waals surface area contributed by atoms with E-state index < -0.39 is 5.60 Å². The second-order valence-electron chi connectivity index (χ2n) is 5.44. The molecule has 1 heterocycles. The van der Waals surface area contributed by atoms with Gasteiger partial charge in [0.25, 0.3) is 5.91 Å². The third-order valence-electron chi connectivity index (χ3n) is 3.55. The van der Waals surface area contributed by atoms with Gasteiger partial charge in [-0.3, -0.25) is 4.79 Å². The summed E-state index contributed by atoms with van der Waals surface area (Å²) in [5, 5.41) is 2.93. The molecule has 0 fully saturated rings. The first-order chi connectivity index (χ1) is 10.5. The smallest absolute Gasteiger partial charge is 0.256 e. The minimum absolute atomic E-state index is 0.128. The van der Waals surface area contributed by atoms with E-state index in [4.69, 9.17) is 9.47 Å². The topological polar surface area (TPSA) is 60.5 Å². The van der Waals surface area contributed by atoms with Crippen molar-refractivity contribution in [2.75, 3.05) is 18.5 Å². The van der Waals surface area contributed by atoms with Gasteiger partial charge in [-0.2, -0.15) is 0 Å². The summed E-state index contributed by atoms with van der Waals surface area (Å²) in [5.74, 6) is 0.438. The second kappa shape index (κ2) is 8.73. The fourth-order valence-electron chi connectivity index (χ4n) is 2.24. The number of aromatic nitrogens is 1. The number of rotatable bonds is 9. The number of nitrogens with one attached hydrogen (secondary N) is 1. The summed E-state index contributed by atoms with van der Waals surface area (Å²) in [6.45, 7) is 10.7. The molecule has 5 heteroatoms. The standard InChI is InChI=1S/C17H28N2O3/c1-6-9-12-17(5,22-8-3)16(20)19-14-10-11-15(21-7-2)18-13(14)4/h10-11H,6-9,12H2,1-5H3,(H,19,20)/t17-/m1/s1. The molecular formula is C17H28N2O3. The first-order valence-electron chi connectivity index (χ1n) is 8.02. The van der Waals surface area contributed by atoms with Crippen LogP contribution in [0.5, 0.6) is 5.88 Å². The van der Waals surface area contributed by atoms with Crippen LogP contribution >= 0.6 is 0 Å². The number of pyridine rings is 1. The van der Waals surface area contributed by atoms with Crippen LogP contribution in [-0.4, -0.2) is 29.7 Å². The normalized spacial score (nSPS) is 13.5. The average molecular weight is 308 g/mol. The zero-order chi connectivity index (χ0) is 16.6. The number of ether oxygens (including phenoxy) is 2. The Bertz CT molecular complexity index is 491. The Morgan fingerprint density at radius 2 is 2.00 bits per heavy atom. The van der Waals surface area contributed by atoms with Crippen LogP contribution in [0.4, 0.5) is 5.69 Å². The van der Waals surface area contributed by atoms with Crippen LogP contribution in [0.25, 0.3) is 0 Å². The first kappa shape index (κ1) is 18.4. The van der Waals surface area contributed by atoms with E-state index in [-0.39, 0.29) is 5.91 Å². The molecule has 1 atom stereocenters. The number of hydrogen-bond donors (Lipinski definition) is 1. The Morgan fingerprint density at radius 1 is 1.27 bits per heavy atom. The molecule has 1 aromatic heterocycles. The lowest BCUT2D eigenvalue weighted by atomic mass is 9.97. The molecule has 0 spiro atoms. The average Bonchev–Trinajstić information content (AvgIpc) is 2.48. The van der Waals surface area contributed by atoms with E-state index in [1.54, 1.807) is 6.07 Å². The van der Waals surface area contributed by atoms with Gasteiger partial charge < -0.3 is 14.8 Å². The zero-order valence-corrected chi connectivity index (χ0v) is 14.4. The van der Waals surface area contributed by atoms with E-state index in [1.807, 2.05) is 33.8 Å². The van der Waals surface area contributed by atoms with E-state index in [1.165, 1.54) is 0 Å². The number of hydrogen-bond acceptors (Lipinski definition) is 4. The van der Waals surface area contributed by atoms with Gasteiger partial charge in [-0.1, -0.05) is 19.8 Å². The van der Waals surface area contributed by atoms with E-state index in [9.17, 15) is 4.79 Å². The van der Waals surface area contributed by atoms with Crippen LogP contribution < -0.4 is 10.1 Å². The molecule has 0 saturated heterocycles. The Balaban J connectivity index is 2.84. The maximum atomic E-state index is 12.6. The minimum atomic E-state index is -0.810. The van der Waals surface area contributed by atoms with Gasteiger partial charge in [0, 0.05) is 12.7 Å². The minimum Gasteiger partial charge on any atom is -0.478 e. The lowest BCUT2D eigenvalue weighted by Gasteiger charge is -2.28. The SMILES string of the molecule is CCCC[C@@](C)(OCC)C(=O)Nc1ccc(OCC)nc1C. The summed E-state index contributed by atoms with van der Waals surface area (Å²) in [6.07, 6.45) is 2.68. The molecule has 1 amide bonds. The lowest BCUT2D eigenvalue weighted by molar-refractivity contribution is -0.139. The molecule has 1 rings (SSSR count).